The van der Waals surface area contributed by atoms with Crippen molar-refractivity contribution in [2.24, 2.45) is 5.92 Å². The predicted octanol–water partition coefficient (Wildman–Crippen LogP) is 2.02. The molecule has 168 valence electrons. The Morgan fingerprint density at radius 1 is 0.828 bits per heavy atom. The Hall–Kier alpha value is 0.486. The van der Waals surface area contributed by atoms with Crippen LogP contribution in [0.2, 0.25) is 0 Å². The van der Waals surface area contributed by atoms with Gasteiger partial charge < -0.3 is 11.6 Å². The Morgan fingerprint density at radius 3 is 1.62 bits per heavy atom. The molecule has 0 aliphatic rings. The van der Waals surface area contributed by atoms with Gasteiger partial charge in [0.2, 0.25) is 4.75 Å². The largest absolute Gasteiger partial charge is 1.00 e. The van der Waals surface area contributed by atoms with E-state index in [2.05, 4.69) is 13.8 Å². The first-order valence-corrected chi connectivity index (χ1v) is 12.0. The van der Waals surface area contributed by atoms with Crippen LogP contribution in [-0.2, 0) is 19.7 Å². The maximum Gasteiger partial charge on any atom is 1.00 e. The van der Waals surface area contributed by atoms with Crippen molar-refractivity contribution < 1.29 is 85.6 Å². The van der Waals surface area contributed by atoms with Crippen LogP contribution in [0.25, 0.3) is 0 Å². The zero-order valence-corrected chi connectivity index (χ0v) is 22.3. The van der Waals surface area contributed by atoms with Crippen LogP contribution in [0.5, 0.6) is 0 Å². The van der Waals surface area contributed by atoms with Crippen LogP contribution in [0.15, 0.2) is 0 Å². The third-order valence-corrected chi connectivity index (χ3v) is 7.02. The van der Waals surface area contributed by atoms with Gasteiger partial charge in [0.25, 0.3) is 10.1 Å². The van der Waals surface area contributed by atoms with Gasteiger partial charge in [-0.1, -0.05) is 90.9 Å². The number of unbranched alkanes of at least 4 members (excludes halogenated alkanes) is 10. The van der Waals surface area contributed by atoms with Crippen LogP contribution in [0.1, 0.15) is 105 Å². The number of carboxylic acids is 2. The summed E-state index contributed by atoms with van der Waals surface area (Å²) in [4.78, 5) is 23.8. The fourth-order valence-corrected chi connectivity index (χ4v) is 4.90. The Balaban J connectivity index is -0.00000364. The Labute approximate surface area is 220 Å². The quantitative estimate of drug-likeness (QED) is 0.161. The summed E-state index contributed by atoms with van der Waals surface area (Å²) in [5, 5.41) is 19.3. The Bertz CT molecular complexity index is 572. The van der Waals surface area contributed by atoms with E-state index in [-0.39, 0.29) is 72.1 Å². The second-order valence-electron chi connectivity index (χ2n) is 7.63. The number of hydrogen-bond acceptors (Lipinski definition) is 4. The summed E-state index contributed by atoms with van der Waals surface area (Å²) in [6.07, 6.45) is 9.43. The van der Waals surface area contributed by atoms with E-state index in [9.17, 15) is 32.8 Å². The number of carboxylic acid groups (broad SMARTS) is 2. The van der Waals surface area contributed by atoms with Gasteiger partial charge in [0.15, 0.2) is 0 Å². The minimum atomic E-state index is -5.10. The fraction of sp³-hybridized carbons (Fsp3) is 0.900. The zero-order chi connectivity index (χ0) is 21.6. The van der Waals surface area contributed by atoms with E-state index in [1.54, 1.807) is 0 Å². The maximum absolute atomic E-state index is 12.1. The molecule has 0 bridgehead atoms. The first kappa shape index (κ1) is 31.7. The monoisotopic (exact) mass is 462 g/mol. The van der Waals surface area contributed by atoms with Crippen molar-refractivity contribution in [2.75, 3.05) is 0 Å². The Morgan fingerprint density at radius 2 is 1.24 bits per heavy atom. The molecule has 0 aromatic heterocycles. The summed E-state index contributed by atoms with van der Waals surface area (Å²) in [6.45, 7) is 4.14. The number of carbonyl (C=O) groups is 2. The SMILES string of the molecule is CCCCCCCCC(C(=O)O)C(CCCCCCCC)(C(=O)O)S(=O)(=O)O.[H-].[K+]. The molecule has 0 aliphatic heterocycles. The summed E-state index contributed by atoms with van der Waals surface area (Å²) in [5.74, 6) is -4.93. The van der Waals surface area contributed by atoms with Gasteiger partial charge in [0, 0.05) is 0 Å². The summed E-state index contributed by atoms with van der Waals surface area (Å²) in [5.41, 5.74) is 0. The molecule has 0 amide bonds. The third-order valence-electron chi connectivity index (χ3n) is 5.43. The van der Waals surface area contributed by atoms with Crippen molar-refractivity contribution >= 4 is 22.1 Å². The van der Waals surface area contributed by atoms with E-state index >= 15 is 0 Å². The van der Waals surface area contributed by atoms with Crippen molar-refractivity contribution in [3.8, 4) is 0 Å². The average molecular weight is 463 g/mol. The van der Waals surface area contributed by atoms with E-state index in [1.165, 1.54) is 0 Å². The maximum atomic E-state index is 12.1. The molecule has 3 N–H and O–H groups in total. The van der Waals surface area contributed by atoms with E-state index in [0.29, 0.717) is 19.3 Å². The molecular formula is C20H39KO7S. The molecule has 2 atom stereocenters. The van der Waals surface area contributed by atoms with E-state index < -0.39 is 32.7 Å². The van der Waals surface area contributed by atoms with Gasteiger partial charge in [-0.2, -0.15) is 8.42 Å². The van der Waals surface area contributed by atoms with E-state index in [1.807, 2.05) is 0 Å². The predicted molar refractivity (Wildman–Crippen MR) is 110 cm³/mol. The van der Waals surface area contributed by atoms with Crippen LogP contribution in [0, 0.1) is 5.92 Å². The van der Waals surface area contributed by atoms with Crippen LogP contribution in [-0.4, -0.2) is 39.9 Å². The van der Waals surface area contributed by atoms with Gasteiger partial charge in [-0.3, -0.25) is 14.1 Å². The molecule has 0 heterocycles. The van der Waals surface area contributed by atoms with Gasteiger partial charge in [0.1, 0.15) is 0 Å². The normalized spacial score (nSPS) is 14.6. The summed E-state index contributed by atoms with van der Waals surface area (Å²) in [6, 6.07) is 0. The number of rotatable bonds is 18. The average Bonchev–Trinajstić information content (AvgIpc) is 2.60. The first-order chi connectivity index (χ1) is 13.1. The minimum Gasteiger partial charge on any atom is -1.00 e. The molecular weight excluding hydrogens is 423 g/mol. The van der Waals surface area contributed by atoms with Gasteiger partial charge >= 0.3 is 63.3 Å². The molecule has 29 heavy (non-hydrogen) atoms. The van der Waals surface area contributed by atoms with Gasteiger partial charge in [-0.25, -0.2) is 0 Å². The van der Waals surface area contributed by atoms with Gasteiger partial charge in [-0.05, 0) is 12.8 Å². The molecule has 2 unspecified atom stereocenters. The van der Waals surface area contributed by atoms with Crippen molar-refractivity contribution in [3.63, 3.8) is 0 Å². The second-order valence-corrected chi connectivity index (χ2v) is 9.31. The van der Waals surface area contributed by atoms with Crippen molar-refractivity contribution in [1.82, 2.24) is 0 Å². The minimum absolute atomic E-state index is 0. The molecule has 9 heteroatoms. The number of aliphatic carboxylic acids is 2. The van der Waals surface area contributed by atoms with Crippen molar-refractivity contribution in [1.29, 1.82) is 0 Å². The van der Waals surface area contributed by atoms with Crippen molar-refractivity contribution in [3.05, 3.63) is 0 Å². The molecule has 7 nitrogen and oxygen atoms in total. The first-order valence-electron chi connectivity index (χ1n) is 10.6. The second kappa shape index (κ2) is 17.1. The molecule has 0 saturated carbocycles. The van der Waals surface area contributed by atoms with Crippen molar-refractivity contribution in [2.45, 2.75) is 108 Å². The topological polar surface area (TPSA) is 129 Å². The summed E-state index contributed by atoms with van der Waals surface area (Å²) < 4.78 is 31.3. The Kier molecular flexibility index (Phi) is 18.7. The van der Waals surface area contributed by atoms with Crippen LogP contribution >= 0.6 is 0 Å². The fourth-order valence-electron chi connectivity index (χ4n) is 3.70. The van der Waals surface area contributed by atoms with Crippen LogP contribution in [0.3, 0.4) is 0 Å². The molecule has 0 rings (SSSR count). The molecule has 0 spiro atoms. The molecule has 0 aromatic rings. The van der Waals surface area contributed by atoms with Crippen LogP contribution in [0.4, 0.5) is 0 Å². The smallest absolute Gasteiger partial charge is 1.00 e. The number of hydrogen-bond donors (Lipinski definition) is 3. The van der Waals surface area contributed by atoms with E-state index in [0.717, 1.165) is 51.4 Å². The third kappa shape index (κ3) is 11.1. The molecule has 0 saturated heterocycles. The molecule has 0 aliphatic carbocycles. The standard InChI is InChI=1S/C20H38O7S.K.H/c1-3-5-7-9-11-13-15-17(18(21)22)20(19(23)24,28(25,26)27)16-14-12-10-8-6-4-2;;/h17H,3-16H2,1-2H3,(H,21,22)(H,23,24)(H,25,26,27);;/q;+1;-1. The summed E-state index contributed by atoms with van der Waals surface area (Å²) in [7, 11) is -5.10. The van der Waals surface area contributed by atoms with Gasteiger partial charge in [-0.15, -0.1) is 0 Å². The molecule has 0 radical (unpaired) electrons. The van der Waals surface area contributed by atoms with Crippen LogP contribution < -0.4 is 51.4 Å². The summed E-state index contributed by atoms with van der Waals surface area (Å²) >= 11 is 0. The van der Waals surface area contributed by atoms with E-state index in [4.69, 9.17) is 0 Å². The molecule has 0 fully saturated rings. The molecule has 0 aromatic carbocycles. The van der Waals surface area contributed by atoms with Gasteiger partial charge in [0.05, 0.1) is 5.92 Å². The zero-order valence-electron chi connectivity index (χ0n) is 19.4.